The van der Waals surface area contributed by atoms with Crippen LogP contribution in [0.1, 0.15) is 18.9 Å². The van der Waals surface area contributed by atoms with Gasteiger partial charge in [0.15, 0.2) is 6.10 Å². The van der Waals surface area contributed by atoms with E-state index in [0.29, 0.717) is 12.2 Å². The van der Waals surface area contributed by atoms with Crippen LogP contribution in [0, 0.1) is 0 Å². The second-order valence-corrected chi connectivity index (χ2v) is 6.55. The molecule has 0 heterocycles. The maximum Gasteiger partial charge on any atom is 0.281 e. The highest BCUT2D eigenvalue weighted by molar-refractivity contribution is 9.10. The van der Waals surface area contributed by atoms with E-state index in [1.807, 2.05) is 73.7 Å². The lowest BCUT2D eigenvalue weighted by atomic mass is 10.1. The molecule has 0 aliphatic heterocycles. The molecule has 0 radical (unpaired) electrons. The fourth-order valence-corrected chi connectivity index (χ4v) is 3.15. The van der Waals surface area contributed by atoms with E-state index in [1.54, 1.807) is 6.21 Å². The molecule has 1 N–H and O–H groups in total. The number of nitrogens with zero attached hydrogens (tertiary/aromatic N) is 1. The van der Waals surface area contributed by atoms with Crippen molar-refractivity contribution in [3.05, 3.63) is 76.8 Å². The molecule has 0 saturated carbocycles. The summed E-state index contributed by atoms with van der Waals surface area (Å²) >= 11 is 3.59. The molecule has 26 heavy (non-hydrogen) atoms. The fraction of sp³-hybridized carbons (Fsp3) is 0.143. The first-order chi connectivity index (χ1) is 12.7. The zero-order valence-electron chi connectivity index (χ0n) is 14.4. The Bertz CT molecular complexity index is 926. The number of nitrogens with one attached hydrogen (secondary N) is 1. The van der Waals surface area contributed by atoms with Crippen LogP contribution in [-0.4, -0.2) is 18.2 Å². The summed E-state index contributed by atoms with van der Waals surface area (Å²) in [6.45, 7) is 1.90. The number of hydrogen-bond donors (Lipinski definition) is 1. The predicted molar refractivity (Wildman–Crippen MR) is 109 cm³/mol. The van der Waals surface area contributed by atoms with Gasteiger partial charge >= 0.3 is 0 Å². The van der Waals surface area contributed by atoms with E-state index in [1.165, 1.54) is 0 Å². The van der Waals surface area contributed by atoms with Crippen molar-refractivity contribution < 1.29 is 9.53 Å². The maximum atomic E-state index is 12.4. The van der Waals surface area contributed by atoms with E-state index in [0.717, 1.165) is 20.8 Å². The van der Waals surface area contributed by atoms with Gasteiger partial charge in [0.1, 0.15) is 5.75 Å². The highest BCUT2D eigenvalue weighted by Gasteiger charge is 2.19. The normalized spacial score (nSPS) is 12.2. The van der Waals surface area contributed by atoms with Gasteiger partial charge in [-0.2, -0.15) is 5.10 Å². The minimum Gasteiger partial charge on any atom is -0.479 e. The second-order valence-electron chi connectivity index (χ2n) is 5.76. The van der Waals surface area contributed by atoms with E-state index < -0.39 is 6.10 Å². The van der Waals surface area contributed by atoms with Crippen molar-refractivity contribution in [1.82, 2.24) is 5.43 Å². The molecular weight excluding hydrogens is 392 g/mol. The van der Waals surface area contributed by atoms with Gasteiger partial charge in [0.05, 0.1) is 10.7 Å². The van der Waals surface area contributed by atoms with E-state index in [2.05, 4.69) is 26.5 Å². The molecule has 3 aromatic carbocycles. The van der Waals surface area contributed by atoms with Crippen LogP contribution in [-0.2, 0) is 4.79 Å². The molecule has 3 rings (SSSR count). The smallest absolute Gasteiger partial charge is 0.281 e. The Hall–Kier alpha value is -2.66. The summed E-state index contributed by atoms with van der Waals surface area (Å²) < 4.78 is 6.78. The third-order valence-electron chi connectivity index (χ3n) is 3.95. The molecule has 0 bridgehead atoms. The highest BCUT2D eigenvalue weighted by atomic mass is 79.9. The van der Waals surface area contributed by atoms with E-state index >= 15 is 0 Å². The van der Waals surface area contributed by atoms with Crippen molar-refractivity contribution in [1.29, 1.82) is 0 Å². The molecule has 0 aliphatic carbocycles. The Kier molecular flexibility index (Phi) is 6.02. The number of carbonyl (C=O) groups excluding carboxylic acids is 1. The van der Waals surface area contributed by atoms with Gasteiger partial charge in [-0.25, -0.2) is 5.43 Å². The van der Waals surface area contributed by atoms with Crippen LogP contribution in [0.3, 0.4) is 0 Å². The van der Waals surface area contributed by atoms with Crippen LogP contribution < -0.4 is 10.2 Å². The lowest BCUT2D eigenvalue weighted by Gasteiger charge is -2.17. The fourth-order valence-electron chi connectivity index (χ4n) is 2.56. The SMILES string of the molecule is CCC(Oc1ccc2ccccc2c1Br)C(=O)NN=Cc1ccccc1. The predicted octanol–water partition coefficient (Wildman–Crippen LogP) is 4.91. The van der Waals surface area contributed by atoms with Crippen molar-refractivity contribution >= 4 is 38.8 Å². The Labute approximate surface area is 161 Å². The standard InChI is InChI=1S/C21H19BrN2O2/c1-2-18(21(25)24-23-14-15-8-4-3-5-9-15)26-19-13-12-16-10-6-7-11-17(16)20(19)22/h3-14,18H,2H2,1H3,(H,24,25). The van der Waals surface area contributed by atoms with Crippen molar-refractivity contribution in [2.75, 3.05) is 0 Å². The summed E-state index contributed by atoms with van der Waals surface area (Å²) in [4.78, 5) is 12.4. The van der Waals surface area contributed by atoms with Crippen molar-refractivity contribution in [3.63, 3.8) is 0 Å². The molecule has 0 spiro atoms. The van der Waals surface area contributed by atoms with Crippen LogP contribution in [0.2, 0.25) is 0 Å². The van der Waals surface area contributed by atoms with Gasteiger partial charge in [-0.1, -0.05) is 67.6 Å². The highest BCUT2D eigenvalue weighted by Crippen LogP contribution is 2.33. The number of amides is 1. The van der Waals surface area contributed by atoms with Crippen molar-refractivity contribution in [2.45, 2.75) is 19.4 Å². The van der Waals surface area contributed by atoms with Crippen LogP contribution in [0.15, 0.2) is 76.3 Å². The summed E-state index contributed by atoms with van der Waals surface area (Å²) in [6, 6.07) is 21.4. The van der Waals surface area contributed by atoms with Gasteiger partial charge in [-0.05, 0) is 44.8 Å². The van der Waals surface area contributed by atoms with Gasteiger partial charge in [-0.3, -0.25) is 4.79 Å². The van der Waals surface area contributed by atoms with Gasteiger partial charge in [0.25, 0.3) is 5.91 Å². The largest absolute Gasteiger partial charge is 0.479 e. The molecule has 132 valence electrons. The average molecular weight is 411 g/mol. The molecule has 5 heteroatoms. The molecule has 4 nitrogen and oxygen atoms in total. The third-order valence-corrected chi connectivity index (χ3v) is 4.77. The summed E-state index contributed by atoms with van der Waals surface area (Å²) in [5.41, 5.74) is 3.47. The zero-order valence-corrected chi connectivity index (χ0v) is 15.9. The Morgan fingerprint density at radius 3 is 2.62 bits per heavy atom. The van der Waals surface area contributed by atoms with Crippen LogP contribution in [0.5, 0.6) is 5.75 Å². The van der Waals surface area contributed by atoms with Gasteiger partial charge in [0.2, 0.25) is 0 Å². The summed E-state index contributed by atoms with van der Waals surface area (Å²) in [5, 5.41) is 6.16. The molecule has 1 unspecified atom stereocenters. The zero-order chi connectivity index (χ0) is 18.4. The Morgan fingerprint density at radius 1 is 1.12 bits per heavy atom. The van der Waals surface area contributed by atoms with Crippen molar-refractivity contribution in [3.8, 4) is 5.75 Å². The van der Waals surface area contributed by atoms with Gasteiger partial charge in [0, 0.05) is 0 Å². The minimum atomic E-state index is -0.625. The first-order valence-electron chi connectivity index (χ1n) is 8.41. The van der Waals surface area contributed by atoms with E-state index in [4.69, 9.17) is 4.74 Å². The topological polar surface area (TPSA) is 50.7 Å². The molecule has 3 aromatic rings. The van der Waals surface area contributed by atoms with Crippen molar-refractivity contribution in [2.24, 2.45) is 5.10 Å². The first kappa shape index (κ1) is 18.1. The lowest BCUT2D eigenvalue weighted by Crippen LogP contribution is -2.35. The molecule has 0 aliphatic rings. The Balaban J connectivity index is 1.70. The average Bonchev–Trinajstić information content (AvgIpc) is 2.68. The number of rotatable bonds is 6. The number of hydrogen-bond acceptors (Lipinski definition) is 3. The first-order valence-corrected chi connectivity index (χ1v) is 9.20. The van der Waals surface area contributed by atoms with Gasteiger partial charge in [-0.15, -0.1) is 0 Å². The summed E-state index contributed by atoms with van der Waals surface area (Å²) in [6.07, 6.45) is 1.52. The van der Waals surface area contributed by atoms with Crippen LogP contribution in [0.4, 0.5) is 0 Å². The molecule has 1 amide bonds. The van der Waals surface area contributed by atoms with Gasteiger partial charge < -0.3 is 4.74 Å². The van der Waals surface area contributed by atoms with E-state index in [9.17, 15) is 4.79 Å². The monoisotopic (exact) mass is 410 g/mol. The molecule has 0 aromatic heterocycles. The number of benzene rings is 3. The number of fused-ring (bicyclic) bond motifs is 1. The molecule has 0 saturated heterocycles. The number of hydrazone groups is 1. The number of ether oxygens (including phenoxy) is 1. The number of halogens is 1. The van der Waals surface area contributed by atoms with Crippen LogP contribution >= 0.6 is 15.9 Å². The van der Waals surface area contributed by atoms with Crippen LogP contribution in [0.25, 0.3) is 10.8 Å². The lowest BCUT2D eigenvalue weighted by molar-refractivity contribution is -0.128. The minimum absolute atomic E-state index is 0.278. The quantitative estimate of drug-likeness (QED) is 0.463. The number of carbonyl (C=O) groups is 1. The molecule has 0 fully saturated rings. The maximum absolute atomic E-state index is 12.4. The van der Waals surface area contributed by atoms with E-state index in [-0.39, 0.29) is 5.91 Å². The summed E-state index contributed by atoms with van der Waals surface area (Å²) in [5.74, 6) is 0.359. The second kappa shape index (κ2) is 8.63. The molecule has 1 atom stereocenters. The summed E-state index contributed by atoms with van der Waals surface area (Å²) in [7, 11) is 0. The Morgan fingerprint density at radius 2 is 1.85 bits per heavy atom. The molecular formula is C21H19BrN2O2. The third kappa shape index (κ3) is 4.29.